The Hall–Kier alpha value is -2.18. The van der Waals surface area contributed by atoms with E-state index in [1.54, 1.807) is 24.3 Å². The van der Waals surface area contributed by atoms with E-state index in [-0.39, 0.29) is 22.1 Å². The van der Waals surface area contributed by atoms with Crippen LogP contribution in [0.4, 0.5) is 22.7 Å². The van der Waals surface area contributed by atoms with Crippen LogP contribution < -0.4 is 5.73 Å². The third kappa shape index (κ3) is 3.04. The van der Waals surface area contributed by atoms with Crippen molar-refractivity contribution in [2.75, 3.05) is 5.73 Å². The molecule has 0 bridgehead atoms. The van der Waals surface area contributed by atoms with Crippen LogP contribution in [0.5, 0.6) is 0 Å². The molecule has 6 nitrogen and oxygen atoms in total. The summed E-state index contributed by atoms with van der Waals surface area (Å²) in [6.45, 7) is 0. The van der Waals surface area contributed by atoms with E-state index in [9.17, 15) is 10.1 Å². The van der Waals surface area contributed by atoms with Crippen molar-refractivity contribution in [3.8, 4) is 0 Å². The molecule has 0 aromatic heterocycles. The minimum Gasteiger partial charge on any atom is -0.393 e. The smallest absolute Gasteiger partial charge is 0.312 e. The summed E-state index contributed by atoms with van der Waals surface area (Å²) >= 11 is 11.6. The molecule has 2 aromatic carbocycles. The molecule has 0 unspecified atom stereocenters. The number of azo groups is 1. The molecule has 102 valence electrons. The maximum Gasteiger partial charge on any atom is 0.312 e. The predicted molar refractivity (Wildman–Crippen MR) is 78.1 cm³/mol. The van der Waals surface area contributed by atoms with Gasteiger partial charge in [0, 0.05) is 5.02 Å². The van der Waals surface area contributed by atoms with Crippen molar-refractivity contribution in [3.63, 3.8) is 0 Å². The van der Waals surface area contributed by atoms with Gasteiger partial charge in [-0.25, -0.2) is 0 Å². The summed E-state index contributed by atoms with van der Waals surface area (Å²) in [5.41, 5.74) is 5.82. The van der Waals surface area contributed by atoms with Crippen molar-refractivity contribution < 1.29 is 4.92 Å². The molecule has 0 aliphatic rings. The van der Waals surface area contributed by atoms with Gasteiger partial charge < -0.3 is 5.73 Å². The van der Waals surface area contributed by atoms with Crippen LogP contribution in [0.2, 0.25) is 10.0 Å². The lowest BCUT2D eigenvalue weighted by Gasteiger charge is -2.01. The van der Waals surface area contributed by atoms with Gasteiger partial charge in [0.15, 0.2) is 0 Å². The highest BCUT2D eigenvalue weighted by molar-refractivity contribution is 6.35. The molecular weight excluding hydrogens is 303 g/mol. The van der Waals surface area contributed by atoms with Gasteiger partial charge in [-0.05, 0) is 36.4 Å². The van der Waals surface area contributed by atoms with E-state index in [1.807, 2.05) is 0 Å². The van der Waals surface area contributed by atoms with Gasteiger partial charge in [-0.3, -0.25) is 10.1 Å². The molecule has 0 atom stereocenters. The largest absolute Gasteiger partial charge is 0.393 e. The summed E-state index contributed by atoms with van der Waals surface area (Å²) in [4.78, 5) is 10.2. The normalized spacial score (nSPS) is 10.9. The second-order valence-electron chi connectivity index (χ2n) is 3.77. The predicted octanol–water partition coefficient (Wildman–Crippen LogP) is 4.90. The van der Waals surface area contributed by atoms with Crippen LogP contribution in [0, 0.1) is 10.1 Å². The van der Waals surface area contributed by atoms with E-state index in [4.69, 9.17) is 28.9 Å². The lowest BCUT2D eigenvalue weighted by Crippen LogP contribution is -1.96. The van der Waals surface area contributed by atoms with Crippen LogP contribution in [0.3, 0.4) is 0 Å². The van der Waals surface area contributed by atoms with E-state index >= 15 is 0 Å². The number of nitrogen functional groups attached to an aromatic ring is 1. The van der Waals surface area contributed by atoms with Crippen LogP contribution in [-0.2, 0) is 0 Å². The maximum absolute atomic E-state index is 10.9. The van der Waals surface area contributed by atoms with Crippen LogP contribution in [0.1, 0.15) is 0 Å². The number of halogens is 2. The second kappa shape index (κ2) is 5.85. The van der Waals surface area contributed by atoms with Gasteiger partial charge >= 0.3 is 5.69 Å². The second-order valence-corrected chi connectivity index (χ2v) is 4.58. The summed E-state index contributed by atoms with van der Waals surface area (Å²) in [5, 5.41) is 19.1. The van der Waals surface area contributed by atoms with E-state index in [0.717, 1.165) is 0 Å². The van der Waals surface area contributed by atoms with Gasteiger partial charge in [-0.2, -0.15) is 5.11 Å². The minimum absolute atomic E-state index is 0.0227. The molecular formula is C12H8Cl2N4O2. The van der Waals surface area contributed by atoms with Crippen molar-refractivity contribution in [1.29, 1.82) is 0 Å². The van der Waals surface area contributed by atoms with E-state index < -0.39 is 4.92 Å². The quantitative estimate of drug-likeness (QED) is 0.378. The first-order chi connectivity index (χ1) is 9.49. The zero-order valence-electron chi connectivity index (χ0n) is 9.96. The van der Waals surface area contributed by atoms with Gasteiger partial charge in [0.1, 0.15) is 16.4 Å². The monoisotopic (exact) mass is 310 g/mol. The topological polar surface area (TPSA) is 93.9 Å². The van der Waals surface area contributed by atoms with Gasteiger partial charge in [0.05, 0.1) is 10.6 Å². The van der Waals surface area contributed by atoms with Crippen molar-refractivity contribution in [2.45, 2.75) is 0 Å². The number of benzene rings is 2. The van der Waals surface area contributed by atoms with Gasteiger partial charge in [-0.1, -0.05) is 23.2 Å². The number of nitrogens with two attached hydrogens (primary N) is 1. The van der Waals surface area contributed by atoms with Gasteiger partial charge in [-0.15, -0.1) is 5.11 Å². The molecule has 2 N–H and O–H groups in total. The lowest BCUT2D eigenvalue weighted by molar-refractivity contribution is -0.383. The average Bonchev–Trinajstić information content (AvgIpc) is 2.39. The third-order valence-electron chi connectivity index (χ3n) is 2.41. The number of nitro groups is 1. The van der Waals surface area contributed by atoms with Crippen LogP contribution in [-0.4, -0.2) is 4.92 Å². The summed E-state index contributed by atoms with van der Waals surface area (Å²) < 4.78 is 0. The molecule has 0 radical (unpaired) electrons. The van der Waals surface area contributed by atoms with Gasteiger partial charge in [0.2, 0.25) is 0 Å². The Balaban J connectivity index is 2.37. The first-order valence-electron chi connectivity index (χ1n) is 5.38. The summed E-state index contributed by atoms with van der Waals surface area (Å²) in [6.07, 6.45) is 0. The Bertz CT molecular complexity index is 687. The summed E-state index contributed by atoms with van der Waals surface area (Å²) in [7, 11) is 0. The van der Waals surface area contributed by atoms with E-state index in [1.165, 1.54) is 12.1 Å². The molecule has 0 amide bonds. The first-order valence-corrected chi connectivity index (χ1v) is 6.14. The average molecular weight is 311 g/mol. The Morgan fingerprint density at radius 2 is 1.70 bits per heavy atom. The Morgan fingerprint density at radius 3 is 2.30 bits per heavy atom. The third-order valence-corrected chi connectivity index (χ3v) is 3.03. The van der Waals surface area contributed by atoms with Crippen molar-refractivity contribution >= 4 is 46.0 Å². The first kappa shape index (κ1) is 14.2. The molecule has 0 fully saturated rings. The molecule has 0 aliphatic heterocycles. The zero-order chi connectivity index (χ0) is 14.7. The maximum atomic E-state index is 10.9. The Morgan fingerprint density at radius 1 is 1.05 bits per heavy atom. The molecule has 2 aromatic rings. The van der Waals surface area contributed by atoms with Crippen LogP contribution >= 0.6 is 23.2 Å². The molecule has 0 saturated heterocycles. The SMILES string of the molecule is Nc1ccc(N=Nc2ccc(Cl)cc2)c(Cl)c1[N+](=O)[O-]. The fraction of sp³-hybridized carbons (Fsp3) is 0. The molecule has 0 spiro atoms. The summed E-state index contributed by atoms with van der Waals surface area (Å²) in [6, 6.07) is 9.45. The molecule has 8 heteroatoms. The standard InChI is InChI=1S/C12H8Cl2N4O2/c13-7-1-3-8(4-2-7)16-17-10-6-5-9(15)12(11(10)14)18(19)20/h1-6H,15H2. The number of hydrogen-bond acceptors (Lipinski definition) is 5. The molecule has 0 aliphatic carbocycles. The fourth-order valence-corrected chi connectivity index (χ4v) is 1.86. The molecule has 2 rings (SSSR count). The highest BCUT2D eigenvalue weighted by Crippen LogP contribution is 2.38. The number of nitro benzene ring substituents is 1. The number of anilines is 1. The van der Waals surface area contributed by atoms with Crippen LogP contribution in [0.25, 0.3) is 0 Å². The van der Waals surface area contributed by atoms with Crippen molar-refractivity contribution in [3.05, 3.63) is 56.6 Å². The fourth-order valence-electron chi connectivity index (χ4n) is 1.45. The van der Waals surface area contributed by atoms with Crippen LogP contribution in [0.15, 0.2) is 46.6 Å². The summed E-state index contributed by atoms with van der Waals surface area (Å²) in [5.74, 6) is 0. The van der Waals surface area contributed by atoms with Crippen molar-refractivity contribution in [2.24, 2.45) is 10.2 Å². The minimum atomic E-state index is -0.654. The number of nitrogens with zero attached hydrogens (tertiary/aromatic N) is 3. The van der Waals surface area contributed by atoms with E-state index in [0.29, 0.717) is 10.7 Å². The molecule has 0 saturated carbocycles. The number of rotatable bonds is 3. The van der Waals surface area contributed by atoms with Gasteiger partial charge in [0.25, 0.3) is 0 Å². The highest BCUT2D eigenvalue weighted by Gasteiger charge is 2.20. The number of hydrogen-bond donors (Lipinski definition) is 1. The van der Waals surface area contributed by atoms with Crippen molar-refractivity contribution in [1.82, 2.24) is 0 Å². The Kier molecular flexibility index (Phi) is 4.16. The zero-order valence-corrected chi connectivity index (χ0v) is 11.5. The molecule has 20 heavy (non-hydrogen) atoms. The lowest BCUT2D eigenvalue weighted by atomic mass is 10.2. The molecule has 0 heterocycles. The highest BCUT2D eigenvalue weighted by atomic mass is 35.5. The van der Waals surface area contributed by atoms with E-state index in [2.05, 4.69) is 10.2 Å². The Labute approximate surface area is 124 Å².